The molecule has 0 spiro atoms. The SMILES string of the molecule is S.S.S.[La].[La]. The average molecular weight is 380 g/mol. The molecule has 5 heteroatoms. The second-order valence-electron chi connectivity index (χ2n) is 0. The normalized spacial score (nSPS) is 0. The molecule has 30 valence electrons. The zero-order valence-corrected chi connectivity index (χ0v) is 12.9. The molecule has 0 aromatic carbocycles. The van der Waals surface area contributed by atoms with Gasteiger partial charge >= 0.3 is 0 Å². The third-order valence-electron chi connectivity index (χ3n) is 0. The van der Waals surface area contributed by atoms with E-state index in [0.717, 1.165) is 0 Å². The molecule has 0 saturated carbocycles. The van der Waals surface area contributed by atoms with Crippen LogP contribution < -0.4 is 0 Å². The maximum Gasteiger partial charge on any atom is 0 e. The Labute approximate surface area is 109 Å². The van der Waals surface area contributed by atoms with Gasteiger partial charge in [-0.3, -0.25) is 0 Å². The Morgan fingerprint density at radius 1 is 0.400 bits per heavy atom. The number of rotatable bonds is 0. The molecule has 0 rings (SSSR count). The van der Waals surface area contributed by atoms with E-state index in [1.54, 1.807) is 0 Å². The van der Waals surface area contributed by atoms with Crippen LogP contribution in [0.25, 0.3) is 0 Å². The largest absolute Gasteiger partial charge is 0.197 e. The smallest absolute Gasteiger partial charge is 0 e. The molecule has 0 aromatic rings. The van der Waals surface area contributed by atoms with Gasteiger partial charge in [-0.1, -0.05) is 0 Å². The monoisotopic (exact) mass is 380 g/mol. The predicted octanol–water partition coefficient (Wildman–Crippen LogP) is 0.338. The van der Waals surface area contributed by atoms with Crippen molar-refractivity contribution >= 4 is 40.5 Å². The minimum Gasteiger partial charge on any atom is -0.197 e. The molecule has 0 aromatic heterocycles. The molecule has 0 aliphatic carbocycles. The van der Waals surface area contributed by atoms with Crippen molar-refractivity contribution < 1.29 is 71.2 Å². The molecule has 0 bridgehead atoms. The van der Waals surface area contributed by atoms with Crippen LogP contribution in [0, 0.1) is 71.2 Å². The minimum absolute atomic E-state index is 0. The second-order valence-corrected chi connectivity index (χ2v) is 0. The summed E-state index contributed by atoms with van der Waals surface area (Å²) in [5.74, 6) is 0. The summed E-state index contributed by atoms with van der Waals surface area (Å²) in [5.41, 5.74) is 0. The summed E-state index contributed by atoms with van der Waals surface area (Å²) >= 11 is 0. The third kappa shape index (κ3) is 18.6. The Bertz CT molecular complexity index is 4.85. The Balaban J connectivity index is 0. The topological polar surface area (TPSA) is 0 Å². The van der Waals surface area contributed by atoms with Crippen LogP contribution in [-0.4, -0.2) is 0 Å². The van der Waals surface area contributed by atoms with Crippen LogP contribution in [0.2, 0.25) is 0 Å². The molecule has 0 N–H and O–H groups in total. The molecule has 5 heavy (non-hydrogen) atoms. The van der Waals surface area contributed by atoms with Crippen molar-refractivity contribution in [3.63, 3.8) is 0 Å². The summed E-state index contributed by atoms with van der Waals surface area (Å²) in [6, 6.07) is 0. The Morgan fingerprint density at radius 2 is 0.400 bits per heavy atom. The molecule has 0 amide bonds. The van der Waals surface area contributed by atoms with Gasteiger partial charge in [-0.2, -0.15) is 40.5 Å². The molecular weight excluding hydrogens is 374 g/mol. The summed E-state index contributed by atoms with van der Waals surface area (Å²) in [7, 11) is 0. The van der Waals surface area contributed by atoms with E-state index in [2.05, 4.69) is 0 Å². The van der Waals surface area contributed by atoms with Gasteiger partial charge in [-0.15, -0.1) is 0 Å². The molecule has 0 saturated heterocycles. The summed E-state index contributed by atoms with van der Waals surface area (Å²) in [6.07, 6.45) is 0. The molecule has 0 aliphatic heterocycles. The maximum absolute atomic E-state index is 0. The van der Waals surface area contributed by atoms with E-state index in [4.69, 9.17) is 0 Å². The van der Waals surface area contributed by atoms with Crippen molar-refractivity contribution in [3.8, 4) is 0 Å². The molecule has 0 fully saturated rings. The fourth-order valence-corrected chi connectivity index (χ4v) is 0. The minimum atomic E-state index is 0. The van der Waals surface area contributed by atoms with E-state index >= 15 is 0 Å². The van der Waals surface area contributed by atoms with Gasteiger partial charge in [0.1, 0.15) is 0 Å². The molecule has 0 nitrogen and oxygen atoms in total. The fraction of sp³-hybridized carbons (Fsp3) is 0. The molecule has 2 radical (unpaired) electrons. The van der Waals surface area contributed by atoms with Crippen molar-refractivity contribution in [2.24, 2.45) is 0 Å². The molecule has 0 aliphatic rings. The molecule has 0 heterocycles. The van der Waals surface area contributed by atoms with Gasteiger partial charge in [0.15, 0.2) is 0 Å². The van der Waals surface area contributed by atoms with Gasteiger partial charge in [0.05, 0.1) is 0 Å². The van der Waals surface area contributed by atoms with Crippen molar-refractivity contribution in [3.05, 3.63) is 0 Å². The van der Waals surface area contributed by atoms with Crippen LogP contribution in [-0.2, 0) is 0 Å². The van der Waals surface area contributed by atoms with Crippen molar-refractivity contribution in [2.45, 2.75) is 0 Å². The van der Waals surface area contributed by atoms with Gasteiger partial charge in [-0.05, 0) is 0 Å². The van der Waals surface area contributed by atoms with E-state index in [1.807, 2.05) is 0 Å². The van der Waals surface area contributed by atoms with E-state index in [0.29, 0.717) is 0 Å². The summed E-state index contributed by atoms with van der Waals surface area (Å²) in [5, 5.41) is 0. The van der Waals surface area contributed by atoms with Crippen LogP contribution in [0.4, 0.5) is 0 Å². The molecule has 0 unspecified atom stereocenters. The third-order valence-corrected chi connectivity index (χ3v) is 0. The zero-order valence-electron chi connectivity index (χ0n) is 2.65. The van der Waals surface area contributed by atoms with E-state index in [9.17, 15) is 0 Å². The number of hydrogen-bond donors (Lipinski definition) is 0. The van der Waals surface area contributed by atoms with Gasteiger partial charge in [0.25, 0.3) is 0 Å². The van der Waals surface area contributed by atoms with E-state index < -0.39 is 0 Å². The molecule has 0 atom stereocenters. The predicted molar refractivity (Wildman–Crippen MR) is 31.1 cm³/mol. The first-order chi connectivity index (χ1) is 0. The van der Waals surface area contributed by atoms with E-state index in [-0.39, 0.29) is 112 Å². The Hall–Kier alpha value is 3.44. The Kier molecular flexibility index (Phi) is 206. The first-order valence-electron chi connectivity index (χ1n) is 0. The van der Waals surface area contributed by atoms with Gasteiger partial charge in [0.2, 0.25) is 0 Å². The van der Waals surface area contributed by atoms with Crippen LogP contribution in [0.3, 0.4) is 0 Å². The number of hydrogen-bond acceptors (Lipinski definition) is 0. The van der Waals surface area contributed by atoms with Gasteiger partial charge in [0, 0.05) is 71.2 Å². The van der Waals surface area contributed by atoms with Crippen molar-refractivity contribution in [2.75, 3.05) is 0 Å². The van der Waals surface area contributed by atoms with Crippen LogP contribution >= 0.6 is 40.5 Å². The van der Waals surface area contributed by atoms with Gasteiger partial charge in [-0.25, -0.2) is 0 Å². The average Bonchev–Trinajstić information content (AvgIpc) is 0. The quantitative estimate of drug-likeness (QED) is 0.569. The van der Waals surface area contributed by atoms with Crippen LogP contribution in [0.15, 0.2) is 0 Å². The second kappa shape index (κ2) is 26.1. The standard InChI is InChI=1S/2La.3H2S/h;;3*1H2. The van der Waals surface area contributed by atoms with Crippen molar-refractivity contribution in [1.82, 2.24) is 0 Å². The van der Waals surface area contributed by atoms with Gasteiger partial charge < -0.3 is 0 Å². The van der Waals surface area contributed by atoms with Crippen LogP contribution in [0.1, 0.15) is 0 Å². The first kappa shape index (κ1) is 39.5. The zero-order chi connectivity index (χ0) is 0. The summed E-state index contributed by atoms with van der Waals surface area (Å²) in [6.45, 7) is 0. The Morgan fingerprint density at radius 3 is 0.400 bits per heavy atom. The fourth-order valence-electron chi connectivity index (χ4n) is 0. The van der Waals surface area contributed by atoms with E-state index in [1.165, 1.54) is 0 Å². The molecular formula is H6La2S3. The maximum atomic E-state index is 0. The van der Waals surface area contributed by atoms with Crippen LogP contribution in [0.5, 0.6) is 0 Å². The summed E-state index contributed by atoms with van der Waals surface area (Å²) < 4.78 is 0. The first-order valence-corrected chi connectivity index (χ1v) is 0. The van der Waals surface area contributed by atoms with Crippen molar-refractivity contribution in [1.29, 1.82) is 0 Å². The summed E-state index contributed by atoms with van der Waals surface area (Å²) in [4.78, 5) is 0.